The van der Waals surface area contributed by atoms with Gasteiger partial charge in [0, 0.05) is 20.1 Å². The highest BCUT2D eigenvalue weighted by Crippen LogP contribution is 2.30. The van der Waals surface area contributed by atoms with Crippen molar-refractivity contribution in [3.63, 3.8) is 0 Å². The SMILES string of the molecule is CCC1CCC(CNC(=O)N(C)CC(C)O)CC1. The zero-order chi connectivity index (χ0) is 13.5. The molecule has 2 amide bonds. The average molecular weight is 256 g/mol. The van der Waals surface area contributed by atoms with Gasteiger partial charge in [-0.1, -0.05) is 26.2 Å². The lowest BCUT2D eigenvalue weighted by Gasteiger charge is -2.28. The molecule has 0 heterocycles. The summed E-state index contributed by atoms with van der Waals surface area (Å²) in [6, 6.07) is -0.0754. The molecule has 1 fully saturated rings. The average Bonchev–Trinajstić information content (AvgIpc) is 2.35. The van der Waals surface area contributed by atoms with Gasteiger partial charge < -0.3 is 15.3 Å². The number of likely N-dealkylation sites (N-methyl/N-ethyl adjacent to an activating group) is 1. The van der Waals surface area contributed by atoms with Gasteiger partial charge in [-0.25, -0.2) is 4.79 Å². The number of amides is 2. The van der Waals surface area contributed by atoms with E-state index in [1.54, 1.807) is 18.9 Å². The fourth-order valence-electron chi connectivity index (χ4n) is 2.69. The number of aliphatic hydroxyl groups excluding tert-OH is 1. The van der Waals surface area contributed by atoms with Crippen molar-refractivity contribution in [2.75, 3.05) is 20.1 Å². The zero-order valence-electron chi connectivity index (χ0n) is 12.0. The third kappa shape index (κ3) is 5.25. The van der Waals surface area contributed by atoms with E-state index in [-0.39, 0.29) is 6.03 Å². The summed E-state index contributed by atoms with van der Waals surface area (Å²) >= 11 is 0. The quantitative estimate of drug-likeness (QED) is 0.792. The third-order valence-electron chi connectivity index (χ3n) is 3.97. The second kappa shape index (κ2) is 7.62. The Balaban J connectivity index is 2.19. The number of carbonyl (C=O) groups is 1. The molecule has 0 saturated heterocycles. The number of nitrogens with zero attached hydrogens (tertiary/aromatic N) is 1. The predicted octanol–water partition coefficient (Wildman–Crippen LogP) is 2.23. The van der Waals surface area contributed by atoms with Crippen molar-refractivity contribution in [1.82, 2.24) is 10.2 Å². The molecule has 0 aromatic heterocycles. The van der Waals surface area contributed by atoms with Crippen LogP contribution in [0.15, 0.2) is 0 Å². The van der Waals surface area contributed by atoms with Crippen molar-refractivity contribution in [1.29, 1.82) is 0 Å². The predicted molar refractivity (Wildman–Crippen MR) is 73.4 cm³/mol. The molecule has 0 bridgehead atoms. The largest absolute Gasteiger partial charge is 0.392 e. The van der Waals surface area contributed by atoms with Crippen LogP contribution >= 0.6 is 0 Å². The third-order valence-corrected chi connectivity index (χ3v) is 3.97. The van der Waals surface area contributed by atoms with Crippen LogP contribution in [0.4, 0.5) is 4.79 Å². The van der Waals surface area contributed by atoms with Crippen molar-refractivity contribution < 1.29 is 9.90 Å². The summed E-state index contributed by atoms with van der Waals surface area (Å²) in [4.78, 5) is 13.3. The minimum Gasteiger partial charge on any atom is -0.392 e. The van der Waals surface area contributed by atoms with Crippen LogP contribution in [-0.4, -0.2) is 42.3 Å². The molecule has 4 heteroatoms. The Hall–Kier alpha value is -0.770. The monoisotopic (exact) mass is 256 g/mol. The Bertz CT molecular complexity index is 248. The van der Waals surface area contributed by atoms with Crippen LogP contribution < -0.4 is 5.32 Å². The van der Waals surface area contributed by atoms with E-state index in [4.69, 9.17) is 0 Å². The number of urea groups is 1. The van der Waals surface area contributed by atoms with Gasteiger partial charge in [0.15, 0.2) is 0 Å². The number of rotatable bonds is 5. The van der Waals surface area contributed by atoms with E-state index in [9.17, 15) is 9.90 Å². The molecular weight excluding hydrogens is 228 g/mol. The number of carbonyl (C=O) groups excluding carboxylic acids is 1. The van der Waals surface area contributed by atoms with Gasteiger partial charge in [-0.3, -0.25) is 0 Å². The van der Waals surface area contributed by atoms with Gasteiger partial charge in [-0.05, 0) is 31.6 Å². The smallest absolute Gasteiger partial charge is 0.317 e. The van der Waals surface area contributed by atoms with Gasteiger partial charge in [0.1, 0.15) is 0 Å². The van der Waals surface area contributed by atoms with Crippen molar-refractivity contribution >= 4 is 6.03 Å². The van der Waals surface area contributed by atoms with E-state index in [0.717, 1.165) is 12.5 Å². The second-order valence-corrected chi connectivity index (χ2v) is 5.71. The highest BCUT2D eigenvalue weighted by molar-refractivity contribution is 5.73. The van der Waals surface area contributed by atoms with Crippen LogP contribution in [0.2, 0.25) is 0 Å². The molecule has 18 heavy (non-hydrogen) atoms. The van der Waals surface area contributed by atoms with Gasteiger partial charge in [0.25, 0.3) is 0 Å². The summed E-state index contributed by atoms with van der Waals surface area (Å²) in [5.41, 5.74) is 0. The van der Waals surface area contributed by atoms with Crippen LogP contribution in [-0.2, 0) is 0 Å². The Labute approximate surface area is 111 Å². The van der Waals surface area contributed by atoms with Gasteiger partial charge >= 0.3 is 6.03 Å². The van der Waals surface area contributed by atoms with E-state index in [1.807, 2.05) is 0 Å². The van der Waals surface area contributed by atoms with Crippen molar-refractivity contribution in [2.45, 2.75) is 52.1 Å². The van der Waals surface area contributed by atoms with E-state index >= 15 is 0 Å². The fourth-order valence-corrected chi connectivity index (χ4v) is 2.69. The first-order valence-corrected chi connectivity index (χ1v) is 7.20. The van der Waals surface area contributed by atoms with Gasteiger partial charge in [0.05, 0.1) is 6.10 Å². The van der Waals surface area contributed by atoms with Gasteiger partial charge in [0.2, 0.25) is 0 Å². The van der Waals surface area contributed by atoms with Crippen LogP contribution in [0.3, 0.4) is 0 Å². The minimum atomic E-state index is -0.472. The van der Waals surface area contributed by atoms with Crippen molar-refractivity contribution in [3.8, 4) is 0 Å². The summed E-state index contributed by atoms with van der Waals surface area (Å²) in [6.07, 6.45) is 5.90. The maximum atomic E-state index is 11.7. The molecule has 0 spiro atoms. The Morgan fingerprint density at radius 1 is 1.33 bits per heavy atom. The molecule has 106 valence electrons. The molecule has 4 nitrogen and oxygen atoms in total. The van der Waals surface area contributed by atoms with E-state index in [1.165, 1.54) is 32.1 Å². The first-order chi connectivity index (χ1) is 8.52. The standard InChI is InChI=1S/C14H28N2O2/c1-4-12-5-7-13(8-6-12)9-15-14(18)16(3)10-11(2)17/h11-13,17H,4-10H2,1-3H3,(H,15,18). The number of hydrogen-bond acceptors (Lipinski definition) is 2. The molecule has 2 N–H and O–H groups in total. The highest BCUT2D eigenvalue weighted by atomic mass is 16.3. The van der Waals surface area contributed by atoms with Crippen molar-refractivity contribution in [3.05, 3.63) is 0 Å². The van der Waals surface area contributed by atoms with Gasteiger partial charge in [-0.15, -0.1) is 0 Å². The maximum absolute atomic E-state index is 11.7. The van der Waals surface area contributed by atoms with E-state index < -0.39 is 6.10 Å². The number of hydrogen-bond donors (Lipinski definition) is 2. The lowest BCUT2D eigenvalue weighted by Crippen LogP contribution is -2.42. The van der Waals surface area contributed by atoms with E-state index in [0.29, 0.717) is 12.5 Å². The lowest BCUT2D eigenvalue weighted by atomic mass is 9.81. The molecule has 0 aromatic rings. The summed E-state index contributed by atoms with van der Waals surface area (Å²) in [5, 5.41) is 12.2. The first kappa shape index (κ1) is 15.3. The molecule has 1 unspecified atom stereocenters. The van der Waals surface area contributed by atoms with E-state index in [2.05, 4.69) is 12.2 Å². The van der Waals surface area contributed by atoms with Crippen LogP contribution in [0.1, 0.15) is 46.0 Å². The van der Waals surface area contributed by atoms with Crippen LogP contribution in [0.5, 0.6) is 0 Å². The number of nitrogens with one attached hydrogen (secondary N) is 1. The maximum Gasteiger partial charge on any atom is 0.317 e. The molecule has 0 radical (unpaired) electrons. The molecule has 0 aliphatic heterocycles. The lowest BCUT2D eigenvalue weighted by molar-refractivity contribution is 0.142. The Kier molecular flexibility index (Phi) is 6.47. The Morgan fingerprint density at radius 3 is 2.39 bits per heavy atom. The molecule has 1 aliphatic carbocycles. The summed E-state index contributed by atoms with van der Waals surface area (Å²) in [5.74, 6) is 1.53. The summed E-state index contributed by atoms with van der Waals surface area (Å²) < 4.78 is 0. The zero-order valence-corrected chi connectivity index (χ0v) is 12.0. The normalized spacial score (nSPS) is 25.6. The number of aliphatic hydroxyl groups is 1. The Morgan fingerprint density at radius 2 is 1.89 bits per heavy atom. The van der Waals surface area contributed by atoms with Crippen molar-refractivity contribution in [2.24, 2.45) is 11.8 Å². The minimum absolute atomic E-state index is 0.0754. The molecule has 0 aromatic carbocycles. The molecule has 1 rings (SSSR count). The summed E-state index contributed by atoms with van der Waals surface area (Å²) in [7, 11) is 1.72. The molecular formula is C14H28N2O2. The van der Waals surface area contributed by atoms with Crippen LogP contribution in [0, 0.1) is 11.8 Å². The molecule has 1 atom stereocenters. The fraction of sp³-hybridized carbons (Fsp3) is 0.929. The topological polar surface area (TPSA) is 52.6 Å². The molecule has 1 aliphatic rings. The summed E-state index contributed by atoms with van der Waals surface area (Å²) in [6.45, 7) is 5.11. The van der Waals surface area contributed by atoms with Gasteiger partial charge in [-0.2, -0.15) is 0 Å². The van der Waals surface area contributed by atoms with Crippen LogP contribution in [0.25, 0.3) is 0 Å². The molecule has 1 saturated carbocycles. The highest BCUT2D eigenvalue weighted by Gasteiger charge is 2.20. The first-order valence-electron chi connectivity index (χ1n) is 7.20. The second-order valence-electron chi connectivity index (χ2n) is 5.71.